The highest BCUT2D eigenvalue weighted by Crippen LogP contribution is 2.22. The first-order valence-corrected chi connectivity index (χ1v) is 8.19. The van der Waals surface area contributed by atoms with E-state index < -0.39 is 37.3 Å². The van der Waals surface area contributed by atoms with Gasteiger partial charge in [-0.3, -0.25) is 9.48 Å². The molecule has 0 radical (unpaired) electrons. The molecule has 1 aromatic carbocycles. The monoisotopic (exact) mass is 366 g/mol. The molecule has 142 valence electrons. The van der Waals surface area contributed by atoms with Crippen molar-refractivity contribution in [3.8, 4) is 5.69 Å². The van der Waals surface area contributed by atoms with Crippen LogP contribution in [0.15, 0.2) is 41.2 Å². The van der Waals surface area contributed by atoms with Crippen LogP contribution in [0.4, 0.5) is 0 Å². The van der Waals surface area contributed by atoms with Crippen LogP contribution in [0, 0.1) is 0 Å². The maximum atomic E-state index is 12.3. The van der Waals surface area contributed by atoms with Crippen LogP contribution in [0.1, 0.15) is 5.69 Å². The summed E-state index contributed by atoms with van der Waals surface area (Å²) in [6.45, 7) is -0.609. The molecule has 0 amide bonds. The SMILES string of the molecule is Cn1c(CO[C@@H]2O[C@H](CO)[C@@H](O)[C@H](O)[C@H]2O)cc(=O)n1-c1ccccc1. The third-order valence-corrected chi connectivity index (χ3v) is 4.46. The molecule has 0 unspecified atom stereocenters. The molecule has 5 atom stereocenters. The Kier molecular flexibility index (Phi) is 5.56. The molecule has 1 aromatic heterocycles. The molecule has 2 heterocycles. The number of hydrogen-bond donors (Lipinski definition) is 4. The lowest BCUT2D eigenvalue weighted by Gasteiger charge is -2.39. The van der Waals surface area contributed by atoms with Gasteiger partial charge in [0.05, 0.1) is 24.6 Å². The zero-order valence-corrected chi connectivity index (χ0v) is 14.2. The average Bonchev–Trinajstić information content (AvgIpc) is 2.93. The second-order valence-corrected chi connectivity index (χ2v) is 6.15. The number of ether oxygens (including phenoxy) is 2. The first kappa shape index (κ1) is 18.8. The quantitative estimate of drug-likeness (QED) is 0.507. The van der Waals surface area contributed by atoms with Crippen LogP contribution < -0.4 is 5.56 Å². The van der Waals surface area contributed by atoms with Crippen molar-refractivity contribution in [3.63, 3.8) is 0 Å². The van der Waals surface area contributed by atoms with Crippen molar-refractivity contribution in [1.29, 1.82) is 0 Å². The normalized spacial score (nSPS) is 29.0. The Morgan fingerprint density at radius 1 is 1.12 bits per heavy atom. The molecule has 1 fully saturated rings. The maximum Gasteiger partial charge on any atom is 0.271 e. The van der Waals surface area contributed by atoms with E-state index in [1.165, 1.54) is 10.7 Å². The molecule has 1 aliphatic heterocycles. The van der Waals surface area contributed by atoms with Gasteiger partial charge in [0.25, 0.3) is 5.56 Å². The van der Waals surface area contributed by atoms with Gasteiger partial charge >= 0.3 is 0 Å². The van der Waals surface area contributed by atoms with Crippen LogP contribution in [0.25, 0.3) is 5.69 Å². The largest absolute Gasteiger partial charge is 0.394 e. The molecule has 0 spiro atoms. The van der Waals surface area contributed by atoms with Crippen molar-refractivity contribution >= 4 is 0 Å². The summed E-state index contributed by atoms with van der Waals surface area (Å²) >= 11 is 0. The number of para-hydroxylation sites is 1. The summed E-state index contributed by atoms with van der Waals surface area (Å²) in [5, 5.41) is 38.7. The Morgan fingerprint density at radius 2 is 1.81 bits per heavy atom. The van der Waals surface area contributed by atoms with E-state index >= 15 is 0 Å². The Morgan fingerprint density at radius 3 is 2.46 bits per heavy atom. The van der Waals surface area contributed by atoms with Gasteiger partial charge in [-0.2, -0.15) is 0 Å². The highest BCUT2D eigenvalue weighted by atomic mass is 16.7. The number of nitrogens with zero attached hydrogens (tertiary/aromatic N) is 2. The summed E-state index contributed by atoms with van der Waals surface area (Å²) in [4.78, 5) is 12.3. The topological polar surface area (TPSA) is 126 Å². The first-order valence-electron chi connectivity index (χ1n) is 8.19. The van der Waals surface area contributed by atoms with Crippen LogP contribution in [-0.2, 0) is 23.1 Å². The van der Waals surface area contributed by atoms with Crippen LogP contribution in [0.2, 0.25) is 0 Å². The van der Waals surface area contributed by atoms with E-state index in [2.05, 4.69) is 0 Å². The smallest absolute Gasteiger partial charge is 0.271 e. The Balaban J connectivity index is 1.75. The van der Waals surface area contributed by atoms with Crippen molar-refractivity contribution in [2.45, 2.75) is 37.3 Å². The number of rotatable bonds is 5. The van der Waals surface area contributed by atoms with Crippen molar-refractivity contribution in [2.24, 2.45) is 7.05 Å². The standard InChI is InChI=1S/C17H22N2O7/c1-18-11(7-13(21)19(18)10-5-3-2-4-6-10)9-25-17-16(24)15(23)14(22)12(8-20)26-17/h2-7,12,14-17,20,22-24H,8-9H2,1H3/t12-,14-,15+,16-,17-/m1/s1. The van der Waals surface area contributed by atoms with E-state index in [1.807, 2.05) is 18.2 Å². The van der Waals surface area contributed by atoms with Gasteiger partial charge in [-0.05, 0) is 12.1 Å². The fourth-order valence-electron chi connectivity index (χ4n) is 2.95. The zero-order chi connectivity index (χ0) is 18.8. The summed E-state index contributed by atoms with van der Waals surface area (Å²) in [6.07, 6.45) is -6.74. The summed E-state index contributed by atoms with van der Waals surface area (Å²) < 4.78 is 13.9. The highest BCUT2D eigenvalue weighted by Gasteiger charge is 2.44. The van der Waals surface area contributed by atoms with E-state index in [0.29, 0.717) is 11.4 Å². The molecular formula is C17H22N2O7. The van der Waals surface area contributed by atoms with Gasteiger partial charge in [-0.25, -0.2) is 4.68 Å². The number of hydrogen-bond acceptors (Lipinski definition) is 7. The summed E-state index contributed by atoms with van der Waals surface area (Å²) in [7, 11) is 1.69. The van der Waals surface area contributed by atoms with E-state index in [1.54, 1.807) is 23.9 Å². The number of aromatic nitrogens is 2. The minimum Gasteiger partial charge on any atom is -0.394 e. The molecule has 1 saturated heterocycles. The second kappa shape index (κ2) is 7.70. The molecule has 9 heteroatoms. The lowest BCUT2D eigenvalue weighted by molar-refractivity contribution is -0.304. The summed E-state index contributed by atoms with van der Waals surface area (Å²) in [5.74, 6) is 0. The van der Waals surface area contributed by atoms with Gasteiger partial charge in [-0.1, -0.05) is 18.2 Å². The number of aliphatic hydroxyl groups excluding tert-OH is 4. The fraction of sp³-hybridized carbons (Fsp3) is 0.471. The summed E-state index contributed by atoms with van der Waals surface area (Å²) in [5.41, 5.74) is 0.973. The van der Waals surface area contributed by atoms with Gasteiger partial charge in [0, 0.05) is 13.1 Å². The predicted octanol–water partition coefficient (Wildman–Crippen LogP) is -1.51. The van der Waals surface area contributed by atoms with Crippen LogP contribution in [-0.4, -0.2) is 67.1 Å². The van der Waals surface area contributed by atoms with Crippen LogP contribution >= 0.6 is 0 Å². The molecule has 0 saturated carbocycles. The molecule has 3 rings (SSSR count). The molecule has 26 heavy (non-hydrogen) atoms. The fourth-order valence-corrected chi connectivity index (χ4v) is 2.95. The average molecular weight is 366 g/mol. The van der Waals surface area contributed by atoms with Crippen LogP contribution in [0.5, 0.6) is 0 Å². The zero-order valence-electron chi connectivity index (χ0n) is 14.2. The van der Waals surface area contributed by atoms with E-state index in [4.69, 9.17) is 9.47 Å². The van der Waals surface area contributed by atoms with E-state index in [0.717, 1.165) is 0 Å². The van der Waals surface area contributed by atoms with Crippen molar-refractivity contribution in [1.82, 2.24) is 9.36 Å². The lowest BCUT2D eigenvalue weighted by atomic mass is 9.99. The van der Waals surface area contributed by atoms with Gasteiger partial charge in [0.2, 0.25) is 0 Å². The number of benzene rings is 1. The van der Waals surface area contributed by atoms with Gasteiger partial charge in [0.1, 0.15) is 24.4 Å². The van der Waals surface area contributed by atoms with Crippen molar-refractivity contribution < 1.29 is 29.9 Å². The van der Waals surface area contributed by atoms with E-state index in [9.17, 15) is 25.2 Å². The predicted molar refractivity (Wildman–Crippen MR) is 89.6 cm³/mol. The van der Waals surface area contributed by atoms with Gasteiger partial charge in [-0.15, -0.1) is 0 Å². The minimum absolute atomic E-state index is 0.0751. The van der Waals surface area contributed by atoms with Crippen molar-refractivity contribution in [2.75, 3.05) is 6.61 Å². The Hall–Kier alpha value is -2.01. The van der Waals surface area contributed by atoms with E-state index in [-0.39, 0.29) is 12.2 Å². The Labute approximate surface area is 149 Å². The van der Waals surface area contributed by atoms with Crippen molar-refractivity contribution in [3.05, 3.63) is 52.4 Å². The molecule has 9 nitrogen and oxygen atoms in total. The van der Waals surface area contributed by atoms with Gasteiger partial charge < -0.3 is 29.9 Å². The third-order valence-electron chi connectivity index (χ3n) is 4.46. The lowest BCUT2D eigenvalue weighted by Crippen LogP contribution is -2.59. The molecular weight excluding hydrogens is 344 g/mol. The van der Waals surface area contributed by atoms with Gasteiger partial charge in [0.15, 0.2) is 6.29 Å². The summed E-state index contributed by atoms with van der Waals surface area (Å²) in [6, 6.07) is 10.5. The molecule has 0 bridgehead atoms. The Bertz CT molecular complexity index is 786. The van der Waals surface area contributed by atoms with Crippen LogP contribution in [0.3, 0.4) is 0 Å². The maximum absolute atomic E-state index is 12.3. The minimum atomic E-state index is -1.51. The molecule has 4 N–H and O–H groups in total. The number of aliphatic hydroxyl groups is 4. The first-order chi connectivity index (χ1) is 12.4. The molecule has 1 aliphatic rings. The second-order valence-electron chi connectivity index (χ2n) is 6.15. The molecule has 2 aromatic rings. The molecule has 0 aliphatic carbocycles. The highest BCUT2D eigenvalue weighted by molar-refractivity contribution is 5.31. The third kappa shape index (κ3) is 3.45.